The van der Waals surface area contributed by atoms with E-state index in [-0.39, 0.29) is 12.1 Å². The molecule has 6 heteroatoms. The summed E-state index contributed by atoms with van der Waals surface area (Å²) in [5.74, 6) is 1.50. The third-order valence-corrected chi connectivity index (χ3v) is 5.48. The first kappa shape index (κ1) is 20.4. The van der Waals surface area contributed by atoms with Gasteiger partial charge in [0, 0.05) is 23.7 Å². The van der Waals surface area contributed by atoms with Crippen LogP contribution in [0, 0.1) is 0 Å². The van der Waals surface area contributed by atoms with Gasteiger partial charge in [0.25, 0.3) is 0 Å². The molecule has 0 spiro atoms. The minimum atomic E-state index is -0.108. The van der Waals surface area contributed by atoms with Crippen molar-refractivity contribution in [2.24, 2.45) is 0 Å². The van der Waals surface area contributed by atoms with Crippen LogP contribution in [0.15, 0.2) is 47.4 Å². The van der Waals surface area contributed by atoms with Crippen LogP contribution in [-0.2, 0) is 6.54 Å². The Kier molecular flexibility index (Phi) is 6.73. The van der Waals surface area contributed by atoms with Crippen molar-refractivity contribution in [3.63, 3.8) is 0 Å². The Bertz CT molecular complexity index is 808. The summed E-state index contributed by atoms with van der Waals surface area (Å²) in [5.41, 5.74) is 2.10. The van der Waals surface area contributed by atoms with Crippen LogP contribution in [0.3, 0.4) is 0 Å². The van der Waals surface area contributed by atoms with Crippen LogP contribution >= 0.6 is 11.8 Å². The van der Waals surface area contributed by atoms with E-state index < -0.39 is 0 Å². The summed E-state index contributed by atoms with van der Waals surface area (Å²) in [7, 11) is 1.79. The highest BCUT2D eigenvalue weighted by molar-refractivity contribution is 7.99. The number of urea groups is 1. The van der Waals surface area contributed by atoms with Gasteiger partial charge in [0.15, 0.2) is 11.5 Å². The zero-order valence-electron chi connectivity index (χ0n) is 16.9. The van der Waals surface area contributed by atoms with Gasteiger partial charge in [-0.15, -0.1) is 11.8 Å². The molecule has 5 nitrogen and oxygen atoms in total. The highest BCUT2D eigenvalue weighted by atomic mass is 32.2. The van der Waals surface area contributed by atoms with Crippen molar-refractivity contribution in [1.29, 1.82) is 0 Å². The second-order valence-corrected chi connectivity index (χ2v) is 8.89. The number of carbonyl (C=O) groups is 1. The Balaban J connectivity index is 1.56. The lowest BCUT2D eigenvalue weighted by molar-refractivity contribution is 0.171. The first-order chi connectivity index (χ1) is 13.4. The Labute approximate surface area is 171 Å². The molecule has 0 saturated heterocycles. The van der Waals surface area contributed by atoms with Gasteiger partial charge in [0.05, 0.1) is 6.04 Å². The van der Waals surface area contributed by atoms with Crippen molar-refractivity contribution in [3.8, 4) is 11.5 Å². The fraction of sp³-hybridized carbons (Fsp3) is 0.409. The quantitative estimate of drug-likeness (QED) is 0.704. The standard InChI is InChI=1S/C22H28N2O3S/c1-15(2)28-19-8-6-18(7-9-19)16(3)23-22(25)24(4)14-17-5-10-20-21(13-17)27-12-11-26-20/h5-10,13,15-16H,11-12,14H2,1-4H3,(H,23,25). The number of rotatable bonds is 6. The average Bonchev–Trinajstić information content (AvgIpc) is 2.67. The molecule has 1 aliphatic rings. The van der Waals surface area contributed by atoms with Crippen LogP contribution in [-0.4, -0.2) is 36.4 Å². The molecule has 1 aliphatic heterocycles. The van der Waals surface area contributed by atoms with Crippen LogP contribution in [0.1, 0.15) is 37.9 Å². The molecule has 1 N–H and O–H groups in total. The molecule has 150 valence electrons. The van der Waals surface area contributed by atoms with Gasteiger partial charge in [-0.25, -0.2) is 4.79 Å². The number of fused-ring (bicyclic) bond motifs is 1. The summed E-state index contributed by atoms with van der Waals surface area (Å²) in [5, 5.41) is 3.62. The molecule has 3 rings (SSSR count). The van der Waals surface area contributed by atoms with Crippen molar-refractivity contribution < 1.29 is 14.3 Å². The molecule has 1 heterocycles. The van der Waals surface area contributed by atoms with E-state index in [1.54, 1.807) is 11.9 Å². The van der Waals surface area contributed by atoms with Gasteiger partial charge in [-0.3, -0.25) is 0 Å². The SMILES string of the molecule is CC(C)Sc1ccc(C(C)NC(=O)N(C)Cc2ccc3c(c2)OCCO3)cc1. The predicted molar refractivity (Wildman–Crippen MR) is 113 cm³/mol. The van der Waals surface area contributed by atoms with Gasteiger partial charge >= 0.3 is 6.03 Å². The maximum atomic E-state index is 12.6. The molecule has 0 aliphatic carbocycles. The number of nitrogens with one attached hydrogen (secondary N) is 1. The van der Waals surface area contributed by atoms with Crippen LogP contribution in [0.4, 0.5) is 4.79 Å². The summed E-state index contributed by atoms with van der Waals surface area (Å²) in [4.78, 5) is 15.5. The minimum absolute atomic E-state index is 0.0617. The minimum Gasteiger partial charge on any atom is -0.486 e. The van der Waals surface area contributed by atoms with E-state index in [1.807, 2.05) is 36.9 Å². The number of benzene rings is 2. The molecule has 2 aromatic carbocycles. The Morgan fingerprint density at radius 2 is 1.75 bits per heavy atom. The number of nitrogens with zero attached hydrogens (tertiary/aromatic N) is 1. The number of carbonyl (C=O) groups excluding carboxylic acids is 1. The second-order valence-electron chi connectivity index (χ2n) is 7.24. The number of hydrogen-bond acceptors (Lipinski definition) is 4. The zero-order chi connectivity index (χ0) is 20.1. The van der Waals surface area contributed by atoms with Gasteiger partial charge < -0.3 is 19.7 Å². The van der Waals surface area contributed by atoms with Crippen molar-refractivity contribution >= 4 is 17.8 Å². The third-order valence-electron chi connectivity index (χ3n) is 4.46. The van der Waals surface area contributed by atoms with Crippen molar-refractivity contribution in [2.45, 2.75) is 43.5 Å². The van der Waals surface area contributed by atoms with Crippen LogP contribution < -0.4 is 14.8 Å². The van der Waals surface area contributed by atoms with Crippen LogP contribution in [0.2, 0.25) is 0 Å². The first-order valence-electron chi connectivity index (χ1n) is 9.59. The number of thioether (sulfide) groups is 1. The normalized spacial score (nSPS) is 13.9. The number of ether oxygens (including phenoxy) is 2. The van der Waals surface area contributed by atoms with E-state index in [0.29, 0.717) is 25.0 Å². The Morgan fingerprint density at radius 1 is 1.07 bits per heavy atom. The van der Waals surface area contributed by atoms with E-state index in [2.05, 4.69) is 43.4 Å². The third kappa shape index (κ3) is 5.35. The molecule has 0 aromatic heterocycles. The van der Waals surface area contributed by atoms with E-state index in [9.17, 15) is 4.79 Å². The van der Waals surface area contributed by atoms with Gasteiger partial charge in [-0.2, -0.15) is 0 Å². The predicted octanol–water partition coefficient (Wildman–Crippen LogP) is 4.86. The Morgan fingerprint density at radius 3 is 2.43 bits per heavy atom. The van der Waals surface area contributed by atoms with E-state index in [1.165, 1.54) is 4.90 Å². The summed E-state index contributed by atoms with van der Waals surface area (Å²) in [6.45, 7) is 7.99. The number of amides is 2. The maximum Gasteiger partial charge on any atom is 0.317 e. The molecule has 2 aromatic rings. The van der Waals surface area contributed by atoms with Crippen LogP contribution in [0.25, 0.3) is 0 Å². The van der Waals surface area contributed by atoms with Crippen molar-refractivity contribution in [1.82, 2.24) is 10.2 Å². The molecule has 28 heavy (non-hydrogen) atoms. The summed E-state index contributed by atoms with van der Waals surface area (Å²) >= 11 is 1.83. The highest BCUT2D eigenvalue weighted by Gasteiger charge is 2.16. The van der Waals surface area contributed by atoms with Gasteiger partial charge in [-0.1, -0.05) is 32.0 Å². The van der Waals surface area contributed by atoms with Gasteiger partial charge in [0.1, 0.15) is 13.2 Å². The van der Waals surface area contributed by atoms with Crippen LogP contribution in [0.5, 0.6) is 11.5 Å². The first-order valence-corrected chi connectivity index (χ1v) is 10.5. The highest BCUT2D eigenvalue weighted by Crippen LogP contribution is 2.31. The smallest absolute Gasteiger partial charge is 0.317 e. The molecule has 0 fully saturated rings. The molecule has 0 bridgehead atoms. The lowest BCUT2D eigenvalue weighted by Crippen LogP contribution is -2.38. The molecule has 1 unspecified atom stereocenters. The topological polar surface area (TPSA) is 50.8 Å². The Hall–Kier alpha value is -2.34. The monoisotopic (exact) mass is 400 g/mol. The summed E-state index contributed by atoms with van der Waals surface area (Å²) in [6.07, 6.45) is 0. The second kappa shape index (κ2) is 9.24. The fourth-order valence-electron chi connectivity index (χ4n) is 3.02. The molecule has 0 radical (unpaired) electrons. The zero-order valence-corrected chi connectivity index (χ0v) is 17.7. The molecular weight excluding hydrogens is 372 g/mol. The van der Waals surface area contributed by atoms with E-state index >= 15 is 0 Å². The number of hydrogen-bond donors (Lipinski definition) is 1. The largest absolute Gasteiger partial charge is 0.486 e. The average molecular weight is 401 g/mol. The summed E-state index contributed by atoms with van der Waals surface area (Å²) < 4.78 is 11.2. The lowest BCUT2D eigenvalue weighted by atomic mass is 10.1. The molecule has 2 amide bonds. The van der Waals surface area contributed by atoms with Gasteiger partial charge in [-0.05, 0) is 42.3 Å². The maximum absolute atomic E-state index is 12.6. The lowest BCUT2D eigenvalue weighted by Gasteiger charge is -2.23. The van der Waals surface area contributed by atoms with E-state index in [0.717, 1.165) is 22.6 Å². The molecule has 0 saturated carbocycles. The van der Waals surface area contributed by atoms with E-state index in [4.69, 9.17) is 9.47 Å². The van der Waals surface area contributed by atoms with Crippen molar-refractivity contribution in [2.75, 3.05) is 20.3 Å². The van der Waals surface area contributed by atoms with Crippen molar-refractivity contribution in [3.05, 3.63) is 53.6 Å². The molecule has 1 atom stereocenters. The summed E-state index contributed by atoms with van der Waals surface area (Å²) in [6, 6.07) is 14.0. The fourth-order valence-corrected chi connectivity index (χ4v) is 3.86. The van der Waals surface area contributed by atoms with Gasteiger partial charge in [0.2, 0.25) is 0 Å². The molecular formula is C22H28N2O3S.